The van der Waals surface area contributed by atoms with Crippen molar-refractivity contribution >= 4 is 11.7 Å². The van der Waals surface area contributed by atoms with E-state index < -0.39 is 11.9 Å². The Hall–Kier alpha value is -1.37. The molecular weight excluding hydrogens is 144 g/mol. The lowest BCUT2D eigenvalue weighted by molar-refractivity contribution is -0.143. The first-order valence-electron chi connectivity index (χ1n) is 3.24. The van der Waals surface area contributed by atoms with Gasteiger partial charge in [0.25, 0.3) is 0 Å². The molecule has 0 aliphatic carbocycles. The quantitative estimate of drug-likeness (QED) is 0.481. The van der Waals surface area contributed by atoms with E-state index in [1.54, 1.807) is 13.0 Å². The van der Waals surface area contributed by atoms with E-state index in [1.807, 2.05) is 0 Å². The summed E-state index contributed by atoms with van der Waals surface area (Å²) in [4.78, 5) is 10.8. The topological polar surface area (TPSA) is 73.9 Å². The number of carbonyl (C=O) groups excluding carboxylic acids is 1. The molecule has 0 aromatic rings. The SMILES string of the molecule is CCOC(=O)C(C#N)C(C)=N. The van der Waals surface area contributed by atoms with Crippen LogP contribution in [-0.2, 0) is 9.53 Å². The number of nitrogens with zero attached hydrogens (tertiary/aromatic N) is 1. The normalized spacial score (nSPS) is 11.4. The maximum absolute atomic E-state index is 10.8. The first kappa shape index (κ1) is 9.63. The van der Waals surface area contributed by atoms with Crippen LogP contribution in [0.15, 0.2) is 0 Å². The molecule has 0 bridgehead atoms. The number of hydrogen-bond acceptors (Lipinski definition) is 4. The van der Waals surface area contributed by atoms with E-state index in [4.69, 9.17) is 10.7 Å². The minimum atomic E-state index is -1.03. The molecule has 0 aliphatic rings. The van der Waals surface area contributed by atoms with Gasteiger partial charge in [-0.2, -0.15) is 5.26 Å². The third-order valence-electron chi connectivity index (χ3n) is 1.08. The first-order valence-corrected chi connectivity index (χ1v) is 3.24. The molecule has 4 heteroatoms. The van der Waals surface area contributed by atoms with Crippen LogP contribution in [0.3, 0.4) is 0 Å². The molecule has 1 N–H and O–H groups in total. The zero-order valence-corrected chi connectivity index (χ0v) is 6.55. The Labute approximate surface area is 65.3 Å². The van der Waals surface area contributed by atoms with Gasteiger partial charge in [0.2, 0.25) is 0 Å². The van der Waals surface area contributed by atoms with Crippen LogP contribution in [0.2, 0.25) is 0 Å². The highest BCUT2D eigenvalue weighted by Crippen LogP contribution is 1.99. The zero-order chi connectivity index (χ0) is 8.85. The molecule has 0 aromatic heterocycles. The van der Waals surface area contributed by atoms with Crippen molar-refractivity contribution < 1.29 is 9.53 Å². The second-order valence-corrected chi connectivity index (χ2v) is 2.00. The van der Waals surface area contributed by atoms with Crippen molar-refractivity contribution in [2.45, 2.75) is 13.8 Å². The van der Waals surface area contributed by atoms with Gasteiger partial charge in [-0.1, -0.05) is 0 Å². The van der Waals surface area contributed by atoms with E-state index in [0.29, 0.717) is 0 Å². The van der Waals surface area contributed by atoms with Crippen LogP contribution in [0.25, 0.3) is 0 Å². The second kappa shape index (κ2) is 4.45. The summed E-state index contributed by atoms with van der Waals surface area (Å²) in [5.41, 5.74) is 0.0194. The molecule has 11 heavy (non-hydrogen) atoms. The summed E-state index contributed by atoms with van der Waals surface area (Å²) >= 11 is 0. The number of esters is 1. The maximum Gasteiger partial charge on any atom is 0.329 e. The van der Waals surface area contributed by atoms with Crippen LogP contribution in [0.4, 0.5) is 0 Å². The summed E-state index contributed by atoms with van der Waals surface area (Å²) in [5.74, 6) is -1.67. The van der Waals surface area contributed by atoms with Gasteiger partial charge in [-0.05, 0) is 13.8 Å². The second-order valence-electron chi connectivity index (χ2n) is 2.00. The van der Waals surface area contributed by atoms with Gasteiger partial charge in [0.15, 0.2) is 5.92 Å². The van der Waals surface area contributed by atoms with Gasteiger partial charge < -0.3 is 10.1 Å². The van der Waals surface area contributed by atoms with Gasteiger partial charge >= 0.3 is 5.97 Å². The molecular formula is C7H10N2O2. The molecule has 0 aliphatic heterocycles. The number of rotatable bonds is 3. The lowest BCUT2D eigenvalue weighted by Gasteiger charge is -2.04. The third-order valence-corrected chi connectivity index (χ3v) is 1.08. The Kier molecular flexibility index (Phi) is 3.89. The smallest absolute Gasteiger partial charge is 0.329 e. The minimum absolute atomic E-state index is 0.0194. The van der Waals surface area contributed by atoms with Crippen LogP contribution >= 0.6 is 0 Å². The molecule has 0 heterocycles. The van der Waals surface area contributed by atoms with Crippen LogP contribution in [0, 0.1) is 22.7 Å². The van der Waals surface area contributed by atoms with Crippen molar-refractivity contribution in [3.8, 4) is 6.07 Å². The van der Waals surface area contributed by atoms with Gasteiger partial charge in [-0.15, -0.1) is 0 Å². The fourth-order valence-corrected chi connectivity index (χ4v) is 0.552. The van der Waals surface area contributed by atoms with Crippen molar-refractivity contribution in [3.05, 3.63) is 0 Å². The monoisotopic (exact) mass is 154 g/mol. The minimum Gasteiger partial charge on any atom is -0.465 e. The molecule has 0 radical (unpaired) electrons. The third kappa shape index (κ3) is 2.80. The molecule has 1 unspecified atom stereocenters. The van der Waals surface area contributed by atoms with Crippen molar-refractivity contribution in [2.75, 3.05) is 6.61 Å². The molecule has 0 saturated carbocycles. The van der Waals surface area contributed by atoms with Crippen molar-refractivity contribution in [1.29, 1.82) is 10.7 Å². The average molecular weight is 154 g/mol. The van der Waals surface area contributed by atoms with Crippen LogP contribution in [0.5, 0.6) is 0 Å². The highest BCUT2D eigenvalue weighted by Gasteiger charge is 2.20. The predicted molar refractivity (Wildman–Crippen MR) is 39.1 cm³/mol. The van der Waals surface area contributed by atoms with Gasteiger partial charge in [-0.25, -0.2) is 0 Å². The van der Waals surface area contributed by atoms with E-state index in [0.717, 1.165) is 0 Å². The average Bonchev–Trinajstić information content (AvgIpc) is 1.88. The Bertz CT molecular complexity index is 205. The lowest BCUT2D eigenvalue weighted by Crippen LogP contribution is -2.22. The lowest BCUT2D eigenvalue weighted by atomic mass is 10.1. The Balaban J connectivity index is 4.18. The van der Waals surface area contributed by atoms with Gasteiger partial charge in [0, 0.05) is 5.71 Å². The highest BCUT2D eigenvalue weighted by atomic mass is 16.5. The van der Waals surface area contributed by atoms with E-state index in [2.05, 4.69) is 4.74 Å². The standard InChI is InChI=1S/C7H10N2O2/c1-3-11-7(10)6(4-8)5(2)9/h6,9H,3H2,1-2H3. The molecule has 0 aromatic carbocycles. The first-order chi connectivity index (χ1) is 5.13. The van der Waals surface area contributed by atoms with E-state index in [-0.39, 0.29) is 12.3 Å². The molecule has 4 nitrogen and oxygen atoms in total. The number of nitrogens with one attached hydrogen (secondary N) is 1. The molecule has 0 spiro atoms. The highest BCUT2D eigenvalue weighted by molar-refractivity contribution is 6.01. The van der Waals surface area contributed by atoms with E-state index in [1.165, 1.54) is 6.92 Å². The Morgan fingerprint density at radius 2 is 2.36 bits per heavy atom. The summed E-state index contributed by atoms with van der Waals surface area (Å²) in [6, 6.07) is 1.69. The van der Waals surface area contributed by atoms with E-state index in [9.17, 15) is 4.79 Å². The van der Waals surface area contributed by atoms with Crippen molar-refractivity contribution in [2.24, 2.45) is 5.92 Å². The predicted octanol–water partition coefficient (Wildman–Crippen LogP) is 0.729. The fourth-order valence-electron chi connectivity index (χ4n) is 0.552. The van der Waals surface area contributed by atoms with Crippen LogP contribution < -0.4 is 0 Å². The van der Waals surface area contributed by atoms with Gasteiger partial charge in [0.1, 0.15) is 0 Å². The van der Waals surface area contributed by atoms with Crippen LogP contribution in [0.1, 0.15) is 13.8 Å². The van der Waals surface area contributed by atoms with Gasteiger partial charge in [0.05, 0.1) is 12.7 Å². The zero-order valence-electron chi connectivity index (χ0n) is 6.55. The van der Waals surface area contributed by atoms with Crippen molar-refractivity contribution in [3.63, 3.8) is 0 Å². The molecule has 0 saturated heterocycles. The largest absolute Gasteiger partial charge is 0.465 e. The summed E-state index contributed by atoms with van der Waals surface area (Å²) in [6.45, 7) is 3.31. The molecule has 0 amide bonds. The number of carbonyl (C=O) groups is 1. The summed E-state index contributed by atoms with van der Waals surface area (Å²) in [5, 5.41) is 15.4. The van der Waals surface area contributed by atoms with Crippen molar-refractivity contribution in [1.82, 2.24) is 0 Å². The summed E-state index contributed by atoms with van der Waals surface area (Å²) < 4.78 is 4.55. The summed E-state index contributed by atoms with van der Waals surface area (Å²) in [6.07, 6.45) is 0. The number of hydrogen-bond donors (Lipinski definition) is 1. The molecule has 1 atom stereocenters. The Morgan fingerprint density at radius 1 is 1.82 bits per heavy atom. The maximum atomic E-state index is 10.8. The number of nitriles is 1. The van der Waals surface area contributed by atoms with Gasteiger partial charge in [-0.3, -0.25) is 4.79 Å². The molecule has 60 valence electrons. The molecule has 0 rings (SSSR count). The number of ether oxygens (including phenoxy) is 1. The fraction of sp³-hybridized carbons (Fsp3) is 0.571. The molecule has 0 fully saturated rings. The Morgan fingerprint density at radius 3 is 2.64 bits per heavy atom. The van der Waals surface area contributed by atoms with E-state index >= 15 is 0 Å². The van der Waals surface area contributed by atoms with Crippen LogP contribution in [-0.4, -0.2) is 18.3 Å². The summed E-state index contributed by atoms with van der Waals surface area (Å²) in [7, 11) is 0.